The largest absolute Gasteiger partial charge is 0.483 e. The summed E-state index contributed by atoms with van der Waals surface area (Å²) in [6, 6.07) is 23.5. The first kappa shape index (κ1) is 25.7. The van der Waals surface area contributed by atoms with E-state index < -0.39 is 0 Å². The molecule has 2 atom stereocenters. The summed E-state index contributed by atoms with van der Waals surface area (Å²) in [4.78, 5) is 14.8. The van der Waals surface area contributed by atoms with Crippen LogP contribution in [-0.4, -0.2) is 42.7 Å². The Kier molecular flexibility index (Phi) is 7.83. The lowest BCUT2D eigenvalue weighted by atomic mass is 9.90. The van der Waals surface area contributed by atoms with E-state index in [0.717, 1.165) is 61.4 Å². The molecule has 2 aliphatic heterocycles. The minimum absolute atomic E-state index is 0.0200. The molecule has 6 heteroatoms. The number of aryl methyl sites for hydroxylation is 1. The summed E-state index contributed by atoms with van der Waals surface area (Å²) in [6.07, 6.45) is 4.22. The van der Waals surface area contributed by atoms with E-state index in [-0.39, 0.29) is 24.7 Å². The highest BCUT2D eigenvalue weighted by Gasteiger charge is 2.26. The van der Waals surface area contributed by atoms with Gasteiger partial charge in [0.25, 0.3) is 5.91 Å². The summed E-state index contributed by atoms with van der Waals surface area (Å²) in [6.45, 7) is 5.61. The van der Waals surface area contributed by atoms with Crippen LogP contribution in [0.15, 0.2) is 66.7 Å². The molecule has 38 heavy (non-hydrogen) atoms. The Labute approximate surface area is 224 Å². The molecule has 2 aliphatic rings. The van der Waals surface area contributed by atoms with Crippen LogP contribution in [0.3, 0.4) is 0 Å². The lowest BCUT2D eigenvalue weighted by Crippen LogP contribution is -2.41. The monoisotopic (exact) mass is 510 g/mol. The molecule has 0 saturated carbocycles. The summed E-state index contributed by atoms with van der Waals surface area (Å²) in [7, 11) is 0. The van der Waals surface area contributed by atoms with Gasteiger partial charge in [-0.1, -0.05) is 36.4 Å². The van der Waals surface area contributed by atoms with Gasteiger partial charge in [-0.2, -0.15) is 5.26 Å². The van der Waals surface area contributed by atoms with Crippen molar-refractivity contribution < 1.29 is 19.0 Å². The Bertz CT molecular complexity index is 1310. The molecule has 196 valence electrons. The number of para-hydroxylation sites is 1. The van der Waals surface area contributed by atoms with Crippen LogP contribution in [-0.2, 0) is 11.2 Å². The highest BCUT2D eigenvalue weighted by molar-refractivity contribution is 5.78. The van der Waals surface area contributed by atoms with Crippen molar-refractivity contribution in [2.75, 3.05) is 19.7 Å². The topological polar surface area (TPSA) is 71.8 Å². The molecule has 6 nitrogen and oxygen atoms in total. The summed E-state index contributed by atoms with van der Waals surface area (Å²) < 4.78 is 17.9. The minimum atomic E-state index is 0.0200. The number of likely N-dealkylation sites (tertiary alicyclic amines) is 1. The molecule has 3 aromatic rings. The normalized spacial score (nSPS) is 19.0. The predicted octanol–water partition coefficient (Wildman–Crippen LogP) is 6.02. The molecule has 2 heterocycles. The zero-order chi connectivity index (χ0) is 26.5. The summed E-state index contributed by atoms with van der Waals surface area (Å²) in [5.74, 6) is 2.96. The first-order valence-electron chi connectivity index (χ1n) is 13.5. The maximum Gasteiger partial charge on any atom is 0.260 e. The maximum absolute atomic E-state index is 12.9. The van der Waals surface area contributed by atoms with Crippen molar-refractivity contribution in [3.8, 4) is 34.4 Å². The summed E-state index contributed by atoms with van der Waals surface area (Å²) in [5, 5.41) is 9.05. The Morgan fingerprint density at radius 2 is 1.68 bits per heavy atom. The lowest BCUT2D eigenvalue weighted by molar-refractivity contribution is -0.134. The molecule has 0 spiro atoms. The molecule has 2 unspecified atom stereocenters. The second-order valence-corrected chi connectivity index (χ2v) is 10.3. The molecule has 1 amide bonds. The van der Waals surface area contributed by atoms with Gasteiger partial charge in [0.2, 0.25) is 0 Å². The van der Waals surface area contributed by atoms with Gasteiger partial charge in [0.15, 0.2) is 18.1 Å². The van der Waals surface area contributed by atoms with E-state index in [2.05, 4.69) is 18.2 Å². The van der Waals surface area contributed by atoms with E-state index in [1.165, 1.54) is 5.56 Å². The number of nitrogens with zero attached hydrogens (tertiary/aromatic N) is 2. The molecule has 0 bridgehead atoms. The Hall–Kier alpha value is -3.98. The second kappa shape index (κ2) is 11.6. The number of piperidine rings is 1. The first-order chi connectivity index (χ1) is 18.5. The number of carbonyl (C=O) groups excluding carboxylic acids is 1. The number of hydrogen-bond donors (Lipinski definition) is 0. The van der Waals surface area contributed by atoms with Gasteiger partial charge in [-0.3, -0.25) is 4.79 Å². The number of nitriles is 1. The van der Waals surface area contributed by atoms with Crippen LogP contribution in [0.5, 0.6) is 17.2 Å². The van der Waals surface area contributed by atoms with Gasteiger partial charge >= 0.3 is 0 Å². The van der Waals surface area contributed by atoms with E-state index in [0.29, 0.717) is 17.2 Å². The van der Waals surface area contributed by atoms with Gasteiger partial charge in [0, 0.05) is 18.7 Å². The third kappa shape index (κ3) is 5.94. The number of hydrogen-bond acceptors (Lipinski definition) is 5. The molecule has 1 fully saturated rings. The van der Waals surface area contributed by atoms with Crippen molar-refractivity contribution in [2.24, 2.45) is 5.92 Å². The molecule has 0 radical (unpaired) electrons. The summed E-state index contributed by atoms with van der Waals surface area (Å²) in [5.41, 5.74) is 3.74. The number of benzene rings is 3. The van der Waals surface area contributed by atoms with Crippen LogP contribution in [0.1, 0.15) is 44.2 Å². The van der Waals surface area contributed by atoms with E-state index in [4.69, 9.17) is 19.5 Å². The third-order valence-electron chi connectivity index (χ3n) is 7.67. The van der Waals surface area contributed by atoms with E-state index in [1.807, 2.05) is 61.2 Å². The van der Waals surface area contributed by atoms with Crippen molar-refractivity contribution in [3.05, 3.63) is 77.9 Å². The quantitative estimate of drug-likeness (QED) is 0.388. The van der Waals surface area contributed by atoms with Gasteiger partial charge < -0.3 is 19.1 Å². The van der Waals surface area contributed by atoms with Gasteiger partial charge in [-0.05, 0) is 86.9 Å². The van der Waals surface area contributed by atoms with Gasteiger partial charge in [0.1, 0.15) is 18.0 Å². The van der Waals surface area contributed by atoms with Crippen LogP contribution in [0.2, 0.25) is 0 Å². The fourth-order valence-electron chi connectivity index (χ4n) is 5.12. The zero-order valence-electron chi connectivity index (χ0n) is 22.1. The standard InChI is InChI=1S/C32H34N2O4/c1-22-23(2)38-31-19-25(11-14-30(31)37-22)8-7-24-15-17-34(18-16-24)32(35)21-36-29-6-4-3-5-28(29)27-12-9-26(20-33)10-13-27/h3-6,9-14,19,22-24H,7-8,15-18,21H2,1-2H3. The average molecular weight is 511 g/mol. The Balaban J connectivity index is 1.09. The Morgan fingerprint density at radius 3 is 2.42 bits per heavy atom. The van der Waals surface area contributed by atoms with E-state index >= 15 is 0 Å². The molecule has 0 aromatic heterocycles. The van der Waals surface area contributed by atoms with Gasteiger partial charge in [-0.15, -0.1) is 0 Å². The van der Waals surface area contributed by atoms with Crippen molar-refractivity contribution in [1.29, 1.82) is 5.26 Å². The number of carbonyl (C=O) groups is 1. The SMILES string of the molecule is CC1Oc2ccc(CCC3CCN(C(=O)COc4ccccc4-c4ccc(C#N)cc4)CC3)cc2OC1C. The average Bonchev–Trinajstić information content (AvgIpc) is 2.96. The van der Waals surface area contributed by atoms with Crippen molar-refractivity contribution in [3.63, 3.8) is 0 Å². The summed E-state index contributed by atoms with van der Waals surface area (Å²) >= 11 is 0. The molecule has 0 aliphatic carbocycles. The maximum atomic E-state index is 12.9. The van der Waals surface area contributed by atoms with Gasteiger partial charge in [0.05, 0.1) is 11.6 Å². The van der Waals surface area contributed by atoms with Crippen LogP contribution in [0.25, 0.3) is 11.1 Å². The smallest absolute Gasteiger partial charge is 0.260 e. The number of rotatable bonds is 7. The fourth-order valence-corrected chi connectivity index (χ4v) is 5.12. The van der Waals surface area contributed by atoms with E-state index in [1.54, 1.807) is 12.1 Å². The second-order valence-electron chi connectivity index (χ2n) is 10.3. The number of fused-ring (bicyclic) bond motifs is 1. The van der Waals surface area contributed by atoms with Crippen LogP contribution < -0.4 is 14.2 Å². The lowest BCUT2D eigenvalue weighted by Gasteiger charge is -2.32. The molecule has 0 N–H and O–H groups in total. The van der Waals surface area contributed by atoms with Crippen molar-refractivity contribution >= 4 is 5.91 Å². The van der Waals surface area contributed by atoms with Crippen LogP contribution >= 0.6 is 0 Å². The molecular formula is C32H34N2O4. The zero-order valence-corrected chi connectivity index (χ0v) is 22.1. The highest BCUT2D eigenvalue weighted by Crippen LogP contribution is 2.35. The molecule has 3 aromatic carbocycles. The van der Waals surface area contributed by atoms with Crippen LogP contribution in [0.4, 0.5) is 0 Å². The minimum Gasteiger partial charge on any atom is -0.483 e. The predicted molar refractivity (Wildman–Crippen MR) is 146 cm³/mol. The number of amides is 1. The number of ether oxygens (including phenoxy) is 3. The highest BCUT2D eigenvalue weighted by atomic mass is 16.6. The molecular weight excluding hydrogens is 476 g/mol. The third-order valence-corrected chi connectivity index (χ3v) is 7.67. The molecule has 1 saturated heterocycles. The van der Waals surface area contributed by atoms with Gasteiger partial charge in [-0.25, -0.2) is 0 Å². The fraction of sp³-hybridized carbons (Fsp3) is 0.375. The van der Waals surface area contributed by atoms with Crippen LogP contribution in [0, 0.1) is 17.2 Å². The first-order valence-corrected chi connectivity index (χ1v) is 13.5. The van der Waals surface area contributed by atoms with Crippen molar-refractivity contribution in [1.82, 2.24) is 4.90 Å². The molecule has 5 rings (SSSR count). The van der Waals surface area contributed by atoms with E-state index in [9.17, 15) is 4.79 Å². The Morgan fingerprint density at radius 1 is 0.974 bits per heavy atom. The van der Waals surface area contributed by atoms with Crippen molar-refractivity contribution in [2.45, 2.75) is 51.7 Å².